The van der Waals surface area contributed by atoms with Crippen molar-refractivity contribution < 1.29 is 4.79 Å². The molecule has 3 nitrogen and oxygen atoms in total. The molecule has 70 valence electrons. The summed E-state index contributed by atoms with van der Waals surface area (Å²) >= 11 is 0. The van der Waals surface area contributed by atoms with Gasteiger partial charge in [0.05, 0.1) is 5.54 Å². The first kappa shape index (κ1) is 9.52. The Labute approximate surface area is 73.9 Å². The molecule has 0 aromatic carbocycles. The molecule has 1 heterocycles. The molecular formula is C9H18N2O. The zero-order chi connectivity index (χ0) is 9.35. The maximum Gasteiger partial charge on any atom is 0.240 e. The number of carbonyl (C=O) groups excluding carboxylic acids is 1. The minimum Gasteiger partial charge on any atom is -0.350 e. The lowest BCUT2D eigenvalue weighted by molar-refractivity contribution is -0.129. The van der Waals surface area contributed by atoms with Crippen LogP contribution in [0.5, 0.6) is 0 Å². The predicted molar refractivity (Wildman–Crippen MR) is 48.9 cm³/mol. The summed E-state index contributed by atoms with van der Waals surface area (Å²) in [6, 6.07) is 0.283. The molecule has 0 bridgehead atoms. The van der Waals surface area contributed by atoms with E-state index in [0.717, 1.165) is 6.54 Å². The lowest BCUT2D eigenvalue weighted by atomic mass is 9.95. The number of rotatable bonds is 1. The highest BCUT2D eigenvalue weighted by atomic mass is 16.2. The van der Waals surface area contributed by atoms with Gasteiger partial charge in [-0.15, -0.1) is 0 Å². The van der Waals surface area contributed by atoms with Crippen LogP contribution < -0.4 is 10.6 Å². The van der Waals surface area contributed by atoms with Crippen molar-refractivity contribution in [3.8, 4) is 0 Å². The van der Waals surface area contributed by atoms with E-state index in [2.05, 4.69) is 24.5 Å². The molecule has 1 aliphatic heterocycles. The monoisotopic (exact) mass is 170 g/mol. The van der Waals surface area contributed by atoms with Crippen LogP contribution in [0.2, 0.25) is 0 Å². The van der Waals surface area contributed by atoms with Crippen LogP contribution in [0.15, 0.2) is 0 Å². The van der Waals surface area contributed by atoms with Gasteiger partial charge >= 0.3 is 0 Å². The molecule has 1 amide bonds. The molecule has 0 aromatic heterocycles. The van der Waals surface area contributed by atoms with Crippen LogP contribution in [-0.4, -0.2) is 24.0 Å². The Morgan fingerprint density at radius 1 is 1.50 bits per heavy atom. The molecular weight excluding hydrogens is 152 g/mol. The van der Waals surface area contributed by atoms with Crippen molar-refractivity contribution in [1.82, 2.24) is 10.6 Å². The van der Waals surface area contributed by atoms with Gasteiger partial charge in [-0.25, -0.2) is 0 Å². The van der Waals surface area contributed by atoms with Gasteiger partial charge in [-0.05, 0) is 19.8 Å². The zero-order valence-electron chi connectivity index (χ0n) is 8.27. The van der Waals surface area contributed by atoms with Gasteiger partial charge in [-0.1, -0.05) is 13.8 Å². The zero-order valence-corrected chi connectivity index (χ0v) is 8.27. The lowest BCUT2D eigenvalue weighted by Gasteiger charge is -2.37. The molecule has 1 unspecified atom stereocenters. The SMILES string of the molecule is CC(C)C1CNC(C)(C)C(=O)N1. The van der Waals surface area contributed by atoms with Crippen LogP contribution in [0.1, 0.15) is 27.7 Å². The average Bonchev–Trinajstić information content (AvgIpc) is 1.94. The summed E-state index contributed by atoms with van der Waals surface area (Å²) in [5.41, 5.74) is -0.397. The van der Waals surface area contributed by atoms with Gasteiger partial charge in [0, 0.05) is 12.6 Å². The van der Waals surface area contributed by atoms with E-state index in [-0.39, 0.29) is 11.9 Å². The van der Waals surface area contributed by atoms with Gasteiger partial charge in [0.2, 0.25) is 5.91 Å². The quantitative estimate of drug-likeness (QED) is 0.602. The minimum atomic E-state index is -0.397. The summed E-state index contributed by atoms with van der Waals surface area (Å²) in [5, 5.41) is 6.23. The molecule has 1 saturated heterocycles. The Bertz CT molecular complexity index is 187. The average molecular weight is 170 g/mol. The Hall–Kier alpha value is -0.570. The second-order valence-corrected chi connectivity index (χ2v) is 4.33. The topological polar surface area (TPSA) is 41.1 Å². The van der Waals surface area contributed by atoms with Crippen molar-refractivity contribution in [1.29, 1.82) is 0 Å². The fourth-order valence-electron chi connectivity index (χ4n) is 1.25. The van der Waals surface area contributed by atoms with E-state index in [9.17, 15) is 4.79 Å². The van der Waals surface area contributed by atoms with Crippen LogP contribution in [0, 0.1) is 5.92 Å². The summed E-state index contributed by atoms with van der Waals surface area (Å²) in [5.74, 6) is 0.602. The number of carbonyl (C=O) groups is 1. The lowest BCUT2D eigenvalue weighted by Crippen LogP contribution is -2.65. The molecule has 1 rings (SSSR count). The Morgan fingerprint density at radius 3 is 2.50 bits per heavy atom. The minimum absolute atomic E-state index is 0.104. The van der Waals surface area contributed by atoms with Crippen molar-refractivity contribution >= 4 is 5.91 Å². The van der Waals surface area contributed by atoms with Gasteiger partial charge in [0.1, 0.15) is 0 Å². The van der Waals surface area contributed by atoms with Gasteiger partial charge in [-0.2, -0.15) is 0 Å². The second-order valence-electron chi connectivity index (χ2n) is 4.33. The van der Waals surface area contributed by atoms with Crippen molar-refractivity contribution in [2.75, 3.05) is 6.54 Å². The Morgan fingerprint density at radius 2 is 2.08 bits per heavy atom. The van der Waals surface area contributed by atoms with Crippen molar-refractivity contribution in [3.63, 3.8) is 0 Å². The Balaban J connectivity index is 2.58. The number of amides is 1. The molecule has 0 aliphatic carbocycles. The van der Waals surface area contributed by atoms with Gasteiger partial charge in [0.25, 0.3) is 0 Å². The summed E-state index contributed by atoms with van der Waals surface area (Å²) in [7, 11) is 0. The van der Waals surface area contributed by atoms with E-state index in [0.29, 0.717) is 5.92 Å². The smallest absolute Gasteiger partial charge is 0.240 e. The fourth-order valence-corrected chi connectivity index (χ4v) is 1.25. The standard InChI is InChI=1S/C9H18N2O/c1-6(2)7-5-10-9(3,4)8(12)11-7/h6-7,10H,5H2,1-4H3,(H,11,12). The molecule has 1 aliphatic rings. The normalized spacial score (nSPS) is 28.8. The molecule has 0 aromatic rings. The molecule has 12 heavy (non-hydrogen) atoms. The van der Waals surface area contributed by atoms with E-state index in [1.165, 1.54) is 0 Å². The highest BCUT2D eigenvalue weighted by Gasteiger charge is 2.34. The first-order chi connectivity index (χ1) is 5.43. The predicted octanol–water partition coefficient (Wildman–Crippen LogP) is 0.509. The summed E-state index contributed by atoms with van der Waals surface area (Å²) in [6.07, 6.45) is 0. The third-order valence-corrected chi connectivity index (χ3v) is 2.45. The van der Waals surface area contributed by atoms with Gasteiger partial charge < -0.3 is 10.6 Å². The van der Waals surface area contributed by atoms with Crippen LogP contribution in [0.4, 0.5) is 0 Å². The third kappa shape index (κ3) is 1.78. The van der Waals surface area contributed by atoms with Crippen LogP contribution in [-0.2, 0) is 4.79 Å². The molecule has 1 fully saturated rings. The van der Waals surface area contributed by atoms with Crippen molar-refractivity contribution in [3.05, 3.63) is 0 Å². The second kappa shape index (κ2) is 3.05. The summed E-state index contributed by atoms with van der Waals surface area (Å²) in [4.78, 5) is 11.5. The molecule has 3 heteroatoms. The maximum absolute atomic E-state index is 11.5. The van der Waals surface area contributed by atoms with Crippen molar-refractivity contribution in [2.45, 2.75) is 39.3 Å². The highest BCUT2D eigenvalue weighted by Crippen LogP contribution is 2.11. The van der Waals surface area contributed by atoms with E-state index < -0.39 is 5.54 Å². The van der Waals surface area contributed by atoms with Gasteiger partial charge in [0.15, 0.2) is 0 Å². The van der Waals surface area contributed by atoms with Crippen LogP contribution in [0.25, 0.3) is 0 Å². The van der Waals surface area contributed by atoms with Crippen molar-refractivity contribution in [2.24, 2.45) is 5.92 Å². The first-order valence-corrected chi connectivity index (χ1v) is 4.49. The molecule has 0 spiro atoms. The van der Waals surface area contributed by atoms with Gasteiger partial charge in [-0.3, -0.25) is 4.79 Å². The van der Waals surface area contributed by atoms with E-state index in [1.54, 1.807) is 0 Å². The number of piperazine rings is 1. The first-order valence-electron chi connectivity index (χ1n) is 4.49. The maximum atomic E-state index is 11.5. The molecule has 0 radical (unpaired) electrons. The summed E-state index contributed by atoms with van der Waals surface area (Å²) < 4.78 is 0. The van der Waals surface area contributed by atoms with E-state index in [1.807, 2.05) is 13.8 Å². The van der Waals surface area contributed by atoms with Crippen LogP contribution >= 0.6 is 0 Å². The summed E-state index contributed by atoms with van der Waals surface area (Å²) in [6.45, 7) is 8.91. The van der Waals surface area contributed by atoms with Crippen LogP contribution in [0.3, 0.4) is 0 Å². The number of nitrogens with one attached hydrogen (secondary N) is 2. The fraction of sp³-hybridized carbons (Fsp3) is 0.889. The Kier molecular flexibility index (Phi) is 2.42. The number of hydrogen-bond donors (Lipinski definition) is 2. The molecule has 2 N–H and O–H groups in total. The number of hydrogen-bond acceptors (Lipinski definition) is 2. The molecule has 1 atom stereocenters. The highest BCUT2D eigenvalue weighted by molar-refractivity contribution is 5.86. The van der Waals surface area contributed by atoms with E-state index >= 15 is 0 Å². The molecule has 0 saturated carbocycles. The third-order valence-electron chi connectivity index (χ3n) is 2.45. The van der Waals surface area contributed by atoms with E-state index in [4.69, 9.17) is 0 Å². The largest absolute Gasteiger partial charge is 0.350 e.